The number of halogens is 1. The summed E-state index contributed by atoms with van der Waals surface area (Å²) < 4.78 is 7.42. The first-order valence-electron chi connectivity index (χ1n) is 8.20. The third-order valence-electron chi connectivity index (χ3n) is 3.67. The van der Waals surface area contributed by atoms with Gasteiger partial charge in [0.25, 0.3) is 0 Å². The number of ether oxygens (including phenoxy) is 1. The molecular formula is C19H19ClN4OS. The number of hydrogen-bond donors (Lipinski definition) is 2. The lowest BCUT2D eigenvalue weighted by atomic mass is 10.2. The van der Waals surface area contributed by atoms with Crippen molar-refractivity contribution in [2.24, 2.45) is 0 Å². The first kappa shape index (κ1) is 18.2. The van der Waals surface area contributed by atoms with Crippen LogP contribution in [0.2, 0.25) is 5.02 Å². The van der Waals surface area contributed by atoms with E-state index in [0.717, 1.165) is 23.5 Å². The largest absolute Gasteiger partial charge is 0.471 e. The number of nitrogens with one attached hydrogen (secondary N) is 2. The monoisotopic (exact) mass is 386 g/mol. The standard InChI is InChI=1S/C19H19ClN4OS/c1-2-14-6-8-18(9-7-14)25-13-24-12-17(11-21-24)23-19(26)22-16-5-3-4-15(20)10-16/h3-12H,2,13H2,1H3,(H2,22,23,26). The maximum absolute atomic E-state index is 5.96. The number of hydrogen-bond acceptors (Lipinski definition) is 3. The molecule has 0 amide bonds. The molecule has 0 unspecified atom stereocenters. The number of benzene rings is 2. The minimum Gasteiger partial charge on any atom is -0.471 e. The van der Waals surface area contributed by atoms with Crippen molar-refractivity contribution in [3.05, 3.63) is 71.5 Å². The number of thiocarbonyl (C=S) groups is 1. The number of anilines is 2. The maximum Gasteiger partial charge on any atom is 0.180 e. The van der Waals surface area contributed by atoms with Gasteiger partial charge < -0.3 is 15.4 Å². The predicted octanol–water partition coefficient (Wildman–Crippen LogP) is 4.94. The lowest BCUT2D eigenvalue weighted by Crippen LogP contribution is -2.18. The molecule has 7 heteroatoms. The van der Waals surface area contributed by atoms with Crippen molar-refractivity contribution < 1.29 is 4.74 Å². The van der Waals surface area contributed by atoms with Crippen LogP contribution in [0.1, 0.15) is 12.5 Å². The Labute approximate surface area is 162 Å². The minimum atomic E-state index is 0.321. The summed E-state index contributed by atoms with van der Waals surface area (Å²) in [5, 5.41) is 11.5. The van der Waals surface area contributed by atoms with E-state index < -0.39 is 0 Å². The second-order valence-corrected chi connectivity index (χ2v) is 6.47. The van der Waals surface area contributed by atoms with Gasteiger partial charge in [0.05, 0.1) is 18.1 Å². The molecule has 5 nitrogen and oxygen atoms in total. The highest BCUT2D eigenvalue weighted by Crippen LogP contribution is 2.16. The average Bonchev–Trinajstić information content (AvgIpc) is 3.07. The van der Waals surface area contributed by atoms with Crippen LogP contribution in [-0.4, -0.2) is 14.9 Å². The van der Waals surface area contributed by atoms with Crippen LogP contribution >= 0.6 is 23.8 Å². The molecule has 134 valence electrons. The molecule has 0 saturated heterocycles. The lowest BCUT2D eigenvalue weighted by molar-refractivity contribution is 0.221. The molecule has 3 aromatic rings. The van der Waals surface area contributed by atoms with E-state index in [1.54, 1.807) is 16.9 Å². The van der Waals surface area contributed by atoms with Crippen molar-refractivity contribution in [3.63, 3.8) is 0 Å². The summed E-state index contributed by atoms with van der Waals surface area (Å²) >= 11 is 11.3. The number of aromatic nitrogens is 2. The van der Waals surface area contributed by atoms with E-state index in [4.69, 9.17) is 28.6 Å². The summed E-state index contributed by atoms with van der Waals surface area (Å²) in [5.41, 5.74) is 2.87. The zero-order chi connectivity index (χ0) is 18.4. The highest BCUT2D eigenvalue weighted by atomic mass is 35.5. The Morgan fingerprint density at radius 3 is 2.65 bits per heavy atom. The summed E-state index contributed by atoms with van der Waals surface area (Å²) in [6.45, 7) is 2.45. The van der Waals surface area contributed by atoms with E-state index in [0.29, 0.717) is 16.9 Å². The quantitative estimate of drug-likeness (QED) is 0.587. The number of aryl methyl sites for hydroxylation is 1. The maximum atomic E-state index is 5.96. The zero-order valence-corrected chi connectivity index (χ0v) is 15.8. The van der Waals surface area contributed by atoms with E-state index in [-0.39, 0.29) is 0 Å². The summed E-state index contributed by atoms with van der Waals surface area (Å²) in [6.07, 6.45) is 4.53. The normalized spacial score (nSPS) is 10.4. The van der Waals surface area contributed by atoms with E-state index in [1.165, 1.54) is 5.56 Å². The van der Waals surface area contributed by atoms with Gasteiger partial charge in [-0.25, -0.2) is 4.68 Å². The first-order valence-corrected chi connectivity index (χ1v) is 8.99. The van der Waals surface area contributed by atoms with Gasteiger partial charge in [-0.05, 0) is 54.5 Å². The van der Waals surface area contributed by atoms with Crippen molar-refractivity contribution in [3.8, 4) is 5.75 Å². The van der Waals surface area contributed by atoms with Crippen molar-refractivity contribution >= 4 is 40.3 Å². The minimum absolute atomic E-state index is 0.321. The van der Waals surface area contributed by atoms with E-state index in [2.05, 4.69) is 34.8 Å². The summed E-state index contributed by atoms with van der Waals surface area (Å²) in [6, 6.07) is 15.4. The number of rotatable bonds is 6. The molecule has 2 N–H and O–H groups in total. The third kappa shape index (κ3) is 5.21. The first-order chi connectivity index (χ1) is 12.6. The fraction of sp³-hybridized carbons (Fsp3) is 0.158. The molecule has 0 aliphatic carbocycles. The van der Waals surface area contributed by atoms with Gasteiger partial charge >= 0.3 is 0 Å². The van der Waals surface area contributed by atoms with Crippen LogP contribution < -0.4 is 15.4 Å². The molecule has 1 aromatic heterocycles. The second kappa shape index (κ2) is 8.69. The summed E-state index contributed by atoms with van der Waals surface area (Å²) in [4.78, 5) is 0. The molecule has 1 heterocycles. The van der Waals surface area contributed by atoms with Crippen LogP contribution in [0.5, 0.6) is 5.75 Å². The zero-order valence-electron chi connectivity index (χ0n) is 14.3. The van der Waals surface area contributed by atoms with E-state index >= 15 is 0 Å². The van der Waals surface area contributed by atoms with Crippen LogP contribution in [0.15, 0.2) is 60.9 Å². The van der Waals surface area contributed by atoms with Crippen molar-refractivity contribution in [2.45, 2.75) is 20.1 Å². The number of nitrogens with zero attached hydrogens (tertiary/aromatic N) is 2. The molecule has 2 aromatic carbocycles. The van der Waals surface area contributed by atoms with E-state index in [9.17, 15) is 0 Å². The Morgan fingerprint density at radius 1 is 1.15 bits per heavy atom. The molecule has 0 atom stereocenters. The Morgan fingerprint density at radius 2 is 1.92 bits per heavy atom. The third-order valence-corrected chi connectivity index (χ3v) is 4.11. The van der Waals surface area contributed by atoms with Gasteiger partial charge in [0.15, 0.2) is 11.8 Å². The van der Waals surface area contributed by atoms with Crippen molar-refractivity contribution in [1.29, 1.82) is 0 Å². The fourth-order valence-electron chi connectivity index (χ4n) is 2.32. The van der Waals surface area contributed by atoms with Gasteiger partial charge in [-0.2, -0.15) is 5.10 Å². The molecule has 0 fully saturated rings. The molecule has 0 spiro atoms. The van der Waals surface area contributed by atoms with Gasteiger partial charge in [-0.15, -0.1) is 0 Å². The molecule has 0 bridgehead atoms. The second-order valence-electron chi connectivity index (χ2n) is 5.63. The van der Waals surface area contributed by atoms with Crippen LogP contribution in [-0.2, 0) is 13.2 Å². The molecule has 0 aliphatic rings. The SMILES string of the molecule is CCc1ccc(OCn2cc(NC(=S)Nc3cccc(Cl)c3)cn2)cc1. The van der Waals surface area contributed by atoms with Gasteiger partial charge in [0.2, 0.25) is 0 Å². The highest BCUT2D eigenvalue weighted by molar-refractivity contribution is 7.80. The van der Waals surface area contributed by atoms with Crippen molar-refractivity contribution in [2.75, 3.05) is 10.6 Å². The molecule has 0 aliphatic heterocycles. The van der Waals surface area contributed by atoms with Gasteiger partial charge in [-0.3, -0.25) is 0 Å². The van der Waals surface area contributed by atoms with Gasteiger partial charge in [0, 0.05) is 10.7 Å². The van der Waals surface area contributed by atoms with Crippen LogP contribution in [0.4, 0.5) is 11.4 Å². The summed E-state index contributed by atoms with van der Waals surface area (Å²) in [5.74, 6) is 0.811. The Balaban J connectivity index is 1.51. The fourth-order valence-corrected chi connectivity index (χ4v) is 2.75. The molecule has 26 heavy (non-hydrogen) atoms. The molecule has 0 saturated carbocycles. The Kier molecular flexibility index (Phi) is 6.09. The lowest BCUT2D eigenvalue weighted by Gasteiger charge is -2.09. The smallest absolute Gasteiger partial charge is 0.180 e. The van der Waals surface area contributed by atoms with Gasteiger partial charge in [0.1, 0.15) is 5.75 Å². The topological polar surface area (TPSA) is 51.1 Å². The van der Waals surface area contributed by atoms with E-state index in [1.807, 2.05) is 36.5 Å². The molecule has 0 radical (unpaired) electrons. The summed E-state index contributed by atoms with van der Waals surface area (Å²) in [7, 11) is 0. The Bertz CT molecular complexity index is 879. The highest BCUT2D eigenvalue weighted by Gasteiger charge is 2.03. The van der Waals surface area contributed by atoms with Gasteiger partial charge in [-0.1, -0.05) is 36.7 Å². The molecule has 3 rings (SSSR count). The molecular weight excluding hydrogens is 368 g/mol. The average molecular weight is 387 g/mol. The van der Waals surface area contributed by atoms with Crippen molar-refractivity contribution in [1.82, 2.24) is 9.78 Å². The Hall–Kier alpha value is -2.57. The van der Waals surface area contributed by atoms with Crippen LogP contribution in [0.3, 0.4) is 0 Å². The van der Waals surface area contributed by atoms with Crippen LogP contribution in [0, 0.1) is 0 Å². The predicted molar refractivity (Wildman–Crippen MR) is 110 cm³/mol. The van der Waals surface area contributed by atoms with Crippen LogP contribution in [0.25, 0.3) is 0 Å².